The van der Waals surface area contributed by atoms with E-state index >= 15 is 0 Å². The van der Waals surface area contributed by atoms with E-state index in [0.717, 1.165) is 24.0 Å². The number of hydrogen-bond acceptors (Lipinski definition) is 4. The zero-order valence-electron chi connectivity index (χ0n) is 19.8. The standard InChI is InChI=1S/C27H32N2O4/c1-16(2)18-6-8-23-20(11-18)13-29(24(31)14-30)15-27(23,4)10-9-17(3)19-5-7-21-22(12-19)26(33)28-25(21)32/h5-8,11-12,16-17,30H,9-10,13-15H2,1-4H3,(H,28,32,33). The molecule has 2 unspecified atom stereocenters. The molecule has 6 nitrogen and oxygen atoms in total. The van der Waals surface area contributed by atoms with Crippen molar-refractivity contribution in [1.82, 2.24) is 10.2 Å². The second-order valence-corrected chi connectivity index (χ2v) is 10.1. The van der Waals surface area contributed by atoms with Gasteiger partial charge in [-0.15, -0.1) is 0 Å². The van der Waals surface area contributed by atoms with Crippen LogP contribution in [0.5, 0.6) is 0 Å². The maximum absolute atomic E-state index is 12.4. The molecular weight excluding hydrogens is 416 g/mol. The molecule has 0 radical (unpaired) electrons. The molecule has 174 valence electrons. The summed E-state index contributed by atoms with van der Waals surface area (Å²) in [6, 6.07) is 12.1. The predicted molar refractivity (Wildman–Crippen MR) is 126 cm³/mol. The van der Waals surface area contributed by atoms with Gasteiger partial charge in [0.25, 0.3) is 11.8 Å². The minimum atomic E-state index is -0.485. The van der Waals surface area contributed by atoms with Crippen molar-refractivity contribution in [2.24, 2.45) is 0 Å². The summed E-state index contributed by atoms with van der Waals surface area (Å²) in [4.78, 5) is 38.1. The van der Waals surface area contributed by atoms with Gasteiger partial charge in [-0.25, -0.2) is 0 Å². The summed E-state index contributed by atoms with van der Waals surface area (Å²) >= 11 is 0. The van der Waals surface area contributed by atoms with Crippen LogP contribution in [0.25, 0.3) is 0 Å². The fourth-order valence-corrected chi connectivity index (χ4v) is 5.14. The third-order valence-corrected chi connectivity index (χ3v) is 7.29. The van der Waals surface area contributed by atoms with Crippen LogP contribution in [0.2, 0.25) is 0 Å². The molecule has 2 aromatic rings. The van der Waals surface area contributed by atoms with Crippen LogP contribution in [0.1, 0.15) is 95.3 Å². The molecule has 2 heterocycles. The summed E-state index contributed by atoms with van der Waals surface area (Å²) < 4.78 is 0. The normalized spacial score (nSPS) is 20.5. The average molecular weight is 449 g/mol. The van der Waals surface area contributed by atoms with E-state index in [1.165, 1.54) is 11.1 Å². The van der Waals surface area contributed by atoms with Gasteiger partial charge in [-0.1, -0.05) is 52.0 Å². The molecule has 6 heteroatoms. The molecule has 2 atom stereocenters. The number of carbonyl (C=O) groups excluding carboxylic acids is 3. The molecule has 0 bridgehead atoms. The molecule has 2 N–H and O–H groups in total. The molecule has 2 aromatic carbocycles. The minimum Gasteiger partial charge on any atom is -0.387 e. The molecule has 0 aliphatic carbocycles. The van der Waals surface area contributed by atoms with Crippen molar-refractivity contribution in [2.45, 2.75) is 64.3 Å². The second kappa shape index (κ2) is 8.75. The zero-order chi connectivity index (χ0) is 23.9. The first kappa shape index (κ1) is 23.2. The Morgan fingerprint density at radius 2 is 1.76 bits per heavy atom. The lowest BCUT2D eigenvalue weighted by atomic mass is 9.71. The van der Waals surface area contributed by atoms with Crippen LogP contribution in [0, 0.1) is 0 Å². The molecule has 0 saturated carbocycles. The molecular formula is C27H32N2O4. The van der Waals surface area contributed by atoms with Crippen molar-refractivity contribution < 1.29 is 19.5 Å². The van der Waals surface area contributed by atoms with Gasteiger partial charge in [-0.3, -0.25) is 19.7 Å². The number of carbonyl (C=O) groups is 3. The predicted octanol–water partition coefficient (Wildman–Crippen LogP) is 3.87. The van der Waals surface area contributed by atoms with Gasteiger partial charge in [-0.05, 0) is 59.1 Å². The van der Waals surface area contributed by atoms with Gasteiger partial charge in [0, 0.05) is 18.5 Å². The first-order valence-electron chi connectivity index (χ1n) is 11.6. The number of hydrogen-bond donors (Lipinski definition) is 2. The largest absolute Gasteiger partial charge is 0.387 e. The first-order valence-corrected chi connectivity index (χ1v) is 11.6. The summed E-state index contributed by atoms with van der Waals surface area (Å²) in [5.41, 5.74) is 5.32. The number of nitrogens with zero attached hydrogens (tertiary/aromatic N) is 1. The summed E-state index contributed by atoms with van der Waals surface area (Å²) in [7, 11) is 0. The number of aliphatic hydroxyl groups excluding tert-OH is 1. The van der Waals surface area contributed by atoms with Crippen LogP contribution in [-0.2, 0) is 16.8 Å². The number of benzene rings is 2. The summed E-state index contributed by atoms with van der Waals surface area (Å²) in [6.07, 6.45) is 1.71. The average Bonchev–Trinajstić information content (AvgIpc) is 3.09. The topological polar surface area (TPSA) is 86.7 Å². The van der Waals surface area contributed by atoms with E-state index in [9.17, 15) is 19.5 Å². The van der Waals surface area contributed by atoms with E-state index in [0.29, 0.717) is 30.1 Å². The van der Waals surface area contributed by atoms with E-state index < -0.39 is 6.61 Å². The van der Waals surface area contributed by atoms with Gasteiger partial charge in [0.1, 0.15) is 6.61 Å². The van der Waals surface area contributed by atoms with E-state index in [-0.39, 0.29) is 29.1 Å². The first-order chi connectivity index (χ1) is 15.6. The smallest absolute Gasteiger partial charge is 0.258 e. The zero-order valence-corrected chi connectivity index (χ0v) is 19.8. The SMILES string of the molecule is CC(C)c1ccc2c(c1)CN(C(=O)CO)CC2(C)CCC(C)c1ccc2c(c1)C(=O)NC2=O. The highest BCUT2D eigenvalue weighted by Gasteiger charge is 2.37. The molecule has 0 saturated heterocycles. The third kappa shape index (κ3) is 4.32. The van der Waals surface area contributed by atoms with Gasteiger partial charge in [0.05, 0.1) is 11.1 Å². The van der Waals surface area contributed by atoms with Gasteiger partial charge in [-0.2, -0.15) is 0 Å². The van der Waals surface area contributed by atoms with Crippen molar-refractivity contribution in [2.75, 3.05) is 13.2 Å². The maximum Gasteiger partial charge on any atom is 0.258 e. The minimum absolute atomic E-state index is 0.179. The van der Waals surface area contributed by atoms with Crippen molar-refractivity contribution in [3.63, 3.8) is 0 Å². The molecule has 3 amide bonds. The van der Waals surface area contributed by atoms with E-state index in [1.54, 1.807) is 11.0 Å². The lowest BCUT2D eigenvalue weighted by Crippen LogP contribution is -2.47. The number of imide groups is 1. The molecule has 4 rings (SSSR count). The van der Waals surface area contributed by atoms with Gasteiger partial charge >= 0.3 is 0 Å². The number of rotatable bonds is 6. The number of nitrogens with one attached hydrogen (secondary N) is 1. The Bertz CT molecular complexity index is 1120. The van der Waals surface area contributed by atoms with Crippen molar-refractivity contribution in [3.8, 4) is 0 Å². The van der Waals surface area contributed by atoms with E-state index in [2.05, 4.69) is 51.2 Å². The van der Waals surface area contributed by atoms with Crippen molar-refractivity contribution >= 4 is 17.7 Å². The Hall–Kier alpha value is -2.99. The Balaban J connectivity index is 1.59. The maximum atomic E-state index is 12.4. The molecule has 2 aliphatic rings. The second-order valence-electron chi connectivity index (χ2n) is 10.1. The Kier molecular flexibility index (Phi) is 6.14. The van der Waals surface area contributed by atoms with Gasteiger partial charge in [0.2, 0.25) is 5.91 Å². The summed E-state index contributed by atoms with van der Waals surface area (Å²) in [6.45, 7) is 9.24. The molecule has 33 heavy (non-hydrogen) atoms. The monoisotopic (exact) mass is 448 g/mol. The summed E-state index contributed by atoms with van der Waals surface area (Å²) in [5.74, 6) is -0.345. The van der Waals surface area contributed by atoms with Gasteiger partial charge < -0.3 is 10.0 Å². The Morgan fingerprint density at radius 1 is 1.06 bits per heavy atom. The lowest BCUT2D eigenvalue weighted by Gasteiger charge is -2.43. The van der Waals surface area contributed by atoms with Crippen molar-refractivity contribution in [3.05, 3.63) is 69.8 Å². The Morgan fingerprint density at radius 3 is 2.45 bits per heavy atom. The van der Waals surface area contributed by atoms with E-state index in [4.69, 9.17) is 0 Å². The highest BCUT2D eigenvalue weighted by atomic mass is 16.3. The molecule has 0 spiro atoms. The highest BCUT2D eigenvalue weighted by Crippen LogP contribution is 2.40. The molecule has 0 aromatic heterocycles. The molecule has 0 fully saturated rings. The number of amides is 3. The quantitative estimate of drug-likeness (QED) is 0.657. The number of aliphatic hydroxyl groups is 1. The van der Waals surface area contributed by atoms with Crippen molar-refractivity contribution in [1.29, 1.82) is 0 Å². The van der Waals surface area contributed by atoms with Crippen LogP contribution in [0.4, 0.5) is 0 Å². The van der Waals surface area contributed by atoms with E-state index in [1.807, 2.05) is 12.1 Å². The van der Waals surface area contributed by atoms with Crippen LogP contribution in [-0.4, -0.2) is 40.9 Å². The van der Waals surface area contributed by atoms with Crippen LogP contribution >= 0.6 is 0 Å². The Labute approximate surface area is 195 Å². The summed E-state index contributed by atoms with van der Waals surface area (Å²) in [5, 5.41) is 11.8. The fourth-order valence-electron chi connectivity index (χ4n) is 5.14. The van der Waals surface area contributed by atoms with Crippen LogP contribution in [0.15, 0.2) is 36.4 Å². The van der Waals surface area contributed by atoms with Gasteiger partial charge in [0.15, 0.2) is 0 Å². The fraction of sp³-hybridized carbons (Fsp3) is 0.444. The highest BCUT2D eigenvalue weighted by molar-refractivity contribution is 6.21. The lowest BCUT2D eigenvalue weighted by molar-refractivity contribution is -0.136. The van der Waals surface area contributed by atoms with Crippen LogP contribution < -0.4 is 5.32 Å². The molecule has 2 aliphatic heterocycles. The third-order valence-electron chi connectivity index (χ3n) is 7.29. The number of fused-ring (bicyclic) bond motifs is 2. The van der Waals surface area contributed by atoms with Crippen LogP contribution in [0.3, 0.4) is 0 Å².